The lowest BCUT2D eigenvalue weighted by atomic mass is 10.0. The lowest BCUT2D eigenvalue weighted by molar-refractivity contribution is 0.0314. The number of rotatable bonds is 3. The Morgan fingerprint density at radius 2 is 2.50 bits per heavy atom. The highest BCUT2D eigenvalue weighted by Gasteiger charge is 2.29. The summed E-state index contributed by atoms with van der Waals surface area (Å²) in [6, 6.07) is 0. The van der Waals surface area contributed by atoms with Crippen molar-refractivity contribution in [1.82, 2.24) is 9.97 Å². The summed E-state index contributed by atoms with van der Waals surface area (Å²) in [4.78, 5) is 7.35. The van der Waals surface area contributed by atoms with Crippen LogP contribution in [0.3, 0.4) is 0 Å². The van der Waals surface area contributed by atoms with Crippen molar-refractivity contribution >= 4 is 11.8 Å². The van der Waals surface area contributed by atoms with E-state index in [0.717, 1.165) is 25.6 Å². The van der Waals surface area contributed by atoms with E-state index in [1.165, 1.54) is 0 Å². The summed E-state index contributed by atoms with van der Waals surface area (Å²) in [7, 11) is 0. The van der Waals surface area contributed by atoms with Crippen molar-refractivity contribution in [2.75, 3.05) is 24.2 Å². The Kier molecular flexibility index (Phi) is 2.91. The number of halogens is 1. The number of ether oxygens (including phenoxy) is 1. The molecule has 16 heavy (non-hydrogen) atoms. The third-order valence-corrected chi connectivity index (χ3v) is 2.69. The van der Waals surface area contributed by atoms with E-state index in [2.05, 4.69) is 15.3 Å². The van der Waals surface area contributed by atoms with Crippen LogP contribution in [0.1, 0.15) is 19.8 Å². The number of nitrogens with zero attached hydrogens (tertiary/aromatic N) is 2. The predicted octanol–water partition coefficient (Wildman–Crippen LogP) is 1.18. The Morgan fingerprint density at radius 1 is 1.69 bits per heavy atom. The molecule has 2 rings (SSSR count). The first-order valence-corrected chi connectivity index (χ1v) is 5.25. The highest BCUT2D eigenvalue weighted by molar-refractivity contribution is 5.39. The molecule has 1 atom stereocenters. The largest absolute Gasteiger partial charge is 0.373 e. The second kappa shape index (κ2) is 4.21. The Morgan fingerprint density at radius 3 is 3.19 bits per heavy atom. The fourth-order valence-electron chi connectivity index (χ4n) is 1.75. The van der Waals surface area contributed by atoms with Gasteiger partial charge in [-0.3, -0.25) is 0 Å². The van der Waals surface area contributed by atoms with E-state index < -0.39 is 5.82 Å². The molecule has 3 N–H and O–H groups in total. The summed E-state index contributed by atoms with van der Waals surface area (Å²) < 4.78 is 18.9. The van der Waals surface area contributed by atoms with Gasteiger partial charge in [-0.15, -0.1) is 0 Å². The fraction of sp³-hybridized carbons (Fsp3) is 0.600. The molecule has 1 aromatic rings. The van der Waals surface area contributed by atoms with Gasteiger partial charge in [-0.05, 0) is 19.8 Å². The maximum atomic E-state index is 13.3. The van der Waals surface area contributed by atoms with Gasteiger partial charge in [0, 0.05) is 13.2 Å². The third kappa shape index (κ3) is 2.38. The molecule has 0 bridgehead atoms. The van der Waals surface area contributed by atoms with Crippen LogP contribution in [0.25, 0.3) is 0 Å². The molecule has 1 unspecified atom stereocenters. The van der Waals surface area contributed by atoms with Crippen LogP contribution in [-0.2, 0) is 4.74 Å². The van der Waals surface area contributed by atoms with Crippen LogP contribution in [-0.4, -0.2) is 28.7 Å². The minimum absolute atomic E-state index is 0.0568. The van der Waals surface area contributed by atoms with Gasteiger partial charge in [-0.1, -0.05) is 0 Å². The van der Waals surface area contributed by atoms with E-state index in [0.29, 0.717) is 6.54 Å². The van der Waals surface area contributed by atoms with Crippen molar-refractivity contribution in [3.63, 3.8) is 0 Å². The van der Waals surface area contributed by atoms with Gasteiger partial charge in [0.2, 0.25) is 5.95 Å². The van der Waals surface area contributed by atoms with Crippen LogP contribution in [0.15, 0.2) is 6.20 Å². The van der Waals surface area contributed by atoms with Crippen molar-refractivity contribution < 1.29 is 9.13 Å². The molecule has 0 aliphatic carbocycles. The zero-order chi connectivity index (χ0) is 11.6. The molecule has 0 radical (unpaired) electrons. The molecule has 88 valence electrons. The van der Waals surface area contributed by atoms with Crippen molar-refractivity contribution in [1.29, 1.82) is 0 Å². The molecule has 0 aromatic carbocycles. The lowest BCUT2D eigenvalue weighted by Gasteiger charge is -2.23. The van der Waals surface area contributed by atoms with E-state index in [1.54, 1.807) is 0 Å². The van der Waals surface area contributed by atoms with Crippen LogP contribution < -0.4 is 11.1 Å². The van der Waals surface area contributed by atoms with Crippen molar-refractivity contribution in [3.05, 3.63) is 12.0 Å². The molecule has 6 heteroatoms. The van der Waals surface area contributed by atoms with Crippen LogP contribution in [0, 0.1) is 5.82 Å². The number of nitrogens with one attached hydrogen (secondary N) is 1. The number of nitrogens with two attached hydrogens (primary N) is 1. The van der Waals surface area contributed by atoms with E-state index in [9.17, 15) is 4.39 Å². The van der Waals surface area contributed by atoms with Crippen molar-refractivity contribution in [2.24, 2.45) is 0 Å². The number of hydrogen-bond acceptors (Lipinski definition) is 5. The van der Waals surface area contributed by atoms with E-state index >= 15 is 0 Å². The molecule has 0 spiro atoms. The molecule has 2 heterocycles. The minimum Gasteiger partial charge on any atom is -0.373 e. The van der Waals surface area contributed by atoms with Crippen LogP contribution in [0.5, 0.6) is 0 Å². The average Bonchev–Trinajstić information content (AvgIpc) is 2.67. The Bertz CT molecular complexity index is 379. The second-order valence-electron chi connectivity index (χ2n) is 4.18. The van der Waals surface area contributed by atoms with Gasteiger partial charge in [0.1, 0.15) is 0 Å². The van der Waals surface area contributed by atoms with E-state index in [1.807, 2.05) is 6.92 Å². The Balaban J connectivity index is 2.01. The highest BCUT2D eigenvalue weighted by Crippen LogP contribution is 2.25. The number of anilines is 2. The molecule has 1 saturated heterocycles. The Hall–Kier alpha value is -1.43. The molecule has 1 aliphatic heterocycles. The first kappa shape index (κ1) is 11.1. The molecule has 0 amide bonds. The number of nitrogen functional groups attached to an aromatic ring is 1. The third-order valence-electron chi connectivity index (χ3n) is 2.69. The molecule has 1 fully saturated rings. The summed E-state index contributed by atoms with van der Waals surface area (Å²) in [5.41, 5.74) is 5.14. The van der Waals surface area contributed by atoms with Gasteiger partial charge in [-0.2, -0.15) is 4.98 Å². The second-order valence-corrected chi connectivity index (χ2v) is 4.18. The number of hydrogen-bond donors (Lipinski definition) is 2. The van der Waals surface area contributed by atoms with E-state index in [-0.39, 0.29) is 17.4 Å². The smallest absolute Gasteiger partial charge is 0.222 e. The zero-order valence-electron chi connectivity index (χ0n) is 9.16. The van der Waals surface area contributed by atoms with Crippen molar-refractivity contribution in [2.45, 2.75) is 25.4 Å². The topological polar surface area (TPSA) is 73.1 Å². The maximum Gasteiger partial charge on any atom is 0.222 e. The first-order valence-electron chi connectivity index (χ1n) is 5.25. The van der Waals surface area contributed by atoms with Gasteiger partial charge >= 0.3 is 0 Å². The van der Waals surface area contributed by atoms with Crippen LogP contribution in [0.2, 0.25) is 0 Å². The van der Waals surface area contributed by atoms with Crippen molar-refractivity contribution in [3.8, 4) is 0 Å². The Labute approximate surface area is 93.2 Å². The molecular formula is C10H15FN4O. The molecule has 1 aromatic heterocycles. The maximum absolute atomic E-state index is 13.3. The monoisotopic (exact) mass is 226 g/mol. The average molecular weight is 226 g/mol. The minimum atomic E-state index is -0.504. The zero-order valence-corrected chi connectivity index (χ0v) is 9.16. The summed E-state index contributed by atoms with van der Waals surface area (Å²) in [6.07, 6.45) is 3.05. The van der Waals surface area contributed by atoms with Gasteiger partial charge in [-0.25, -0.2) is 9.37 Å². The van der Waals surface area contributed by atoms with Crippen LogP contribution in [0.4, 0.5) is 16.2 Å². The summed E-state index contributed by atoms with van der Waals surface area (Å²) in [6.45, 7) is 3.27. The highest BCUT2D eigenvalue weighted by atomic mass is 19.1. The first-order chi connectivity index (χ1) is 7.59. The summed E-state index contributed by atoms with van der Waals surface area (Å²) >= 11 is 0. The van der Waals surface area contributed by atoms with Gasteiger partial charge in [0.05, 0.1) is 11.8 Å². The standard InChI is InChI=1S/C10H15FN4O/c1-10(3-2-4-16-10)6-14-8-7(11)5-13-9(12)15-8/h5H,2-4,6H2,1H3,(H3,12,13,14,15). The van der Waals surface area contributed by atoms with Gasteiger partial charge in [0.15, 0.2) is 11.6 Å². The van der Waals surface area contributed by atoms with E-state index in [4.69, 9.17) is 10.5 Å². The molecule has 1 aliphatic rings. The lowest BCUT2D eigenvalue weighted by Crippen LogP contribution is -2.33. The fourth-order valence-corrected chi connectivity index (χ4v) is 1.75. The van der Waals surface area contributed by atoms with Gasteiger partial charge in [0.25, 0.3) is 0 Å². The quantitative estimate of drug-likeness (QED) is 0.809. The molecular weight excluding hydrogens is 211 g/mol. The SMILES string of the molecule is CC1(CNc2nc(N)ncc2F)CCCO1. The van der Waals surface area contributed by atoms with Crippen LogP contribution >= 0.6 is 0 Å². The summed E-state index contributed by atoms with van der Waals surface area (Å²) in [5, 5.41) is 2.91. The normalized spacial score (nSPS) is 24.6. The molecule has 0 saturated carbocycles. The predicted molar refractivity (Wildman–Crippen MR) is 58.5 cm³/mol. The number of aromatic nitrogens is 2. The molecule has 5 nitrogen and oxygen atoms in total. The summed E-state index contributed by atoms with van der Waals surface area (Å²) in [5.74, 6) is -0.318. The van der Waals surface area contributed by atoms with Gasteiger partial charge < -0.3 is 15.8 Å².